The van der Waals surface area contributed by atoms with Crippen molar-refractivity contribution in [2.45, 2.75) is 70.0 Å². The molecule has 0 aromatic rings. The molecular formula is C16H23F2N3O7. The highest BCUT2D eigenvalue weighted by molar-refractivity contribution is 5.79. The third kappa shape index (κ3) is 4.94. The second kappa shape index (κ2) is 9.76. The number of azide groups is 1. The largest absolute Gasteiger partial charge is 0.465 e. The first kappa shape index (κ1) is 23.7. The number of esters is 2. The second-order valence-corrected chi connectivity index (χ2v) is 6.44. The van der Waals surface area contributed by atoms with Gasteiger partial charge in [0, 0.05) is 24.2 Å². The Labute approximate surface area is 159 Å². The number of carbonyl (C=O) groups excluding carboxylic acids is 3. The number of carbonyl (C=O) groups is 3. The molecule has 7 atom stereocenters. The topological polar surface area (TPSA) is 148 Å². The Balaban J connectivity index is 3.57. The molecule has 12 heteroatoms. The van der Waals surface area contributed by atoms with Crippen molar-refractivity contribution in [2.24, 2.45) is 11.0 Å². The third-order valence-electron chi connectivity index (χ3n) is 4.42. The SMILES string of the molecule is CC[C@@H](O)[C@@H](OC(C)=O)C1O[C@@](F)(C(=O)OC)C(F)[C@@H](N=[N+]=[N-])[C@H]1CC(C)=O. The van der Waals surface area contributed by atoms with Gasteiger partial charge < -0.3 is 24.1 Å². The molecule has 0 aromatic carbocycles. The molecule has 1 rings (SSSR count). The van der Waals surface area contributed by atoms with Gasteiger partial charge in [0.2, 0.25) is 0 Å². The van der Waals surface area contributed by atoms with E-state index in [0.29, 0.717) is 0 Å². The van der Waals surface area contributed by atoms with Crippen molar-refractivity contribution in [3.05, 3.63) is 10.4 Å². The predicted octanol–water partition coefficient (Wildman–Crippen LogP) is 1.54. The second-order valence-electron chi connectivity index (χ2n) is 6.44. The number of aliphatic hydroxyl groups excluding tert-OH is 1. The maximum atomic E-state index is 15.2. The Bertz CT molecular complexity index is 658. The van der Waals surface area contributed by atoms with Gasteiger partial charge in [0.15, 0.2) is 12.3 Å². The molecule has 1 heterocycles. The zero-order valence-corrected chi connectivity index (χ0v) is 15.9. The monoisotopic (exact) mass is 407 g/mol. The molecule has 10 nitrogen and oxygen atoms in total. The summed E-state index contributed by atoms with van der Waals surface area (Å²) in [5.74, 6) is -8.11. The molecule has 0 aromatic heterocycles. The minimum absolute atomic E-state index is 0.0212. The lowest BCUT2D eigenvalue weighted by Crippen LogP contribution is -2.65. The van der Waals surface area contributed by atoms with Crippen LogP contribution >= 0.6 is 0 Å². The third-order valence-corrected chi connectivity index (χ3v) is 4.42. The van der Waals surface area contributed by atoms with E-state index >= 15 is 4.39 Å². The fourth-order valence-corrected chi connectivity index (χ4v) is 3.15. The summed E-state index contributed by atoms with van der Waals surface area (Å²) in [5, 5.41) is 13.5. The Kier molecular flexibility index (Phi) is 8.28. The first-order valence-electron chi connectivity index (χ1n) is 8.51. The van der Waals surface area contributed by atoms with Crippen LogP contribution in [0.4, 0.5) is 8.78 Å². The lowest BCUT2D eigenvalue weighted by molar-refractivity contribution is -0.286. The van der Waals surface area contributed by atoms with Crippen LogP contribution < -0.4 is 0 Å². The smallest absolute Gasteiger partial charge is 0.375 e. The average molecular weight is 407 g/mol. The van der Waals surface area contributed by atoms with Crippen molar-refractivity contribution >= 4 is 17.7 Å². The Hall–Kier alpha value is -2.30. The summed E-state index contributed by atoms with van der Waals surface area (Å²) in [6.45, 7) is 3.70. The number of alkyl halides is 2. The standard InChI is InChI=1S/C16H23F2N3O7/c1-5-10(24)13(27-8(3)23)12-9(6-7(2)22)11(20-21-19)14(17)16(18,28-12)15(25)26-4/h9-14,24H,5-6H2,1-4H3/t9-,10-,11+,12?,13-,14?,16-/m1/s1. The lowest BCUT2D eigenvalue weighted by Gasteiger charge is -2.46. The van der Waals surface area contributed by atoms with Gasteiger partial charge in [-0.25, -0.2) is 9.18 Å². The van der Waals surface area contributed by atoms with Crippen LogP contribution in [0.2, 0.25) is 0 Å². The number of methoxy groups -OCH3 is 1. The normalized spacial score (nSPS) is 31.8. The summed E-state index contributed by atoms with van der Waals surface area (Å²) in [6.07, 6.45) is -7.85. The number of Topliss-reactive ketones (excluding diaryl/α,β-unsaturated/α-hetero) is 1. The van der Waals surface area contributed by atoms with E-state index in [2.05, 4.69) is 14.8 Å². The van der Waals surface area contributed by atoms with Crippen molar-refractivity contribution in [3.63, 3.8) is 0 Å². The van der Waals surface area contributed by atoms with Crippen LogP contribution in [-0.4, -0.2) is 66.3 Å². The van der Waals surface area contributed by atoms with Crippen LogP contribution in [0, 0.1) is 5.92 Å². The van der Waals surface area contributed by atoms with Crippen LogP contribution in [0.3, 0.4) is 0 Å². The Morgan fingerprint density at radius 1 is 1.39 bits per heavy atom. The summed E-state index contributed by atoms with van der Waals surface area (Å²) in [4.78, 5) is 37.5. The lowest BCUT2D eigenvalue weighted by atomic mass is 9.78. The zero-order valence-electron chi connectivity index (χ0n) is 15.9. The van der Waals surface area contributed by atoms with Crippen LogP contribution in [0.5, 0.6) is 0 Å². The van der Waals surface area contributed by atoms with Crippen LogP contribution in [0.15, 0.2) is 5.11 Å². The number of ether oxygens (including phenoxy) is 3. The molecule has 2 unspecified atom stereocenters. The number of ketones is 1. The highest BCUT2D eigenvalue weighted by Crippen LogP contribution is 2.43. The molecule has 1 saturated heterocycles. The molecule has 0 saturated carbocycles. The number of nitrogens with zero attached hydrogens (tertiary/aromatic N) is 3. The average Bonchev–Trinajstić information content (AvgIpc) is 2.63. The predicted molar refractivity (Wildman–Crippen MR) is 89.2 cm³/mol. The van der Waals surface area contributed by atoms with Crippen LogP contribution in [-0.2, 0) is 28.6 Å². The van der Waals surface area contributed by atoms with E-state index in [1.165, 1.54) is 6.92 Å². The summed E-state index contributed by atoms with van der Waals surface area (Å²) in [5.41, 5.74) is 8.77. The summed E-state index contributed by atoms with van der Waals surface area (Å²) in [7, 11) is 0.795. The number of aliphatic hydroxyl groups is 1. The number of rotatable bonds is 8. The first-order valence-corrected chi connectivity index (χ1v) is 8.51. The van der Waals surface area contributed by atoms with E-state index in [4.69, 9.17) is 15.0 Å². The molecule has 1 aliphatic rings. The van der Waals surface area contributed by atoms with E-state index in [1.54, 1.807) is 0 Å². The van der Waals surface area contributed by atoms with Gasteiger partial charge in [0.1, 0.15) is 11.9 Å². The highest BCUT2D eigenvalue weighted by atomic mass is 19.2. The highest BCUT2D eigenvalue weighted by Gasteiger charge is 2.63. The molecule has 0 bridgehead atoms. The molecular weight excluding hydrogens is 384 g/mol. The van der Waals surface area contributed by atoms with Gasteiger partial charge in [0.05, 0.1) is 19.3 Å². The molecule has 0 amide bonds. The van der Waals surface area contributed by atoms with Gasteiger partial charge in [-0.15, -0.1) is 0 Å². The van der Waals surface area contributed by atoms with Gasteiger partial charge in [0.25, 0.3) is 0 Å². The van der Waals surface area contributed by atoms with Crippen LogP contribution in [0.25, 0.3) is 10.4 Å². The van der Waals surface area contributed by atoms with E-state index < -0.39 is 66.4 Å². The van der Waals surface area contributed by atoms with Crippen molar-refractivity contribution in [1.29, 1.82) is 0 Å². The van der Waals surface area contributed by atoms with E-state index in [1.807, 2.05) is 0 Å². The fourth-order valence-electron chi connectivity index (χ4n) is 3.15. The van der Waals surface area contributed by atoms with Gasteiger partial charge in [-0.1, -0.05) is 12.0 Å². The molecule has 28 heavy (non-hydrogen) atoms. The van der Waals surface area contributed by atoms with E-state index in [0.717, 1.165) is 21.0 Å². The van der Waals surface area contributed by atoms with Gasteiger partial charge in [-0.05, 0) is 18.9 Å². The van der Waals surface area contributed by atoms with E-state index in [-0.39, 0.29) is 6.42 Å². The van der Waals surface area contributed by atoms with Crippen LogP contribution in [0.1, 0.15) is 33.6 Å². The Morgan fingerprint density at radius 2 is 2.00 bits per heavy atom. The van der Waals surface area contributed by atoms with Crippen molar-refractivity contribution in [2.75, 3.05) is 7.11 Å². The number of hydrogen-bond acceptors (Lipinski definition) is 8. The first-order chi connectivity index (χ1) is 13.0. The fraction of sp³-hybridized carbons (Fsp3) is 0.812. The summed E-state index contributed by atoms with van der Waals surface area (Å²) in [6, 6.07) is -1.86. The Morgan fingerprint density at radius 3 is 2.43 bits per heavy atom. The van der Waals surface area contributed by atoms with Crippen molar-refractivity contribution < 1.29 is 42.5 Å². The zero-order chi connectivity index (χ0) is 21.6. The molecule has 1 aliphatic heterocycles. The van der Waals surface area contributed by atoms with Gasteiger partial charge in [-0.2, -0.15) is 4.39 Å². The molecule has 0 radical (unpaired) electrons. The molecule has 1 N–H and O–H groups in total. The molecule has 0 aliphatic carbocycles. The minimum atomic E-state index is -3.70. The number of hydrogen-bond donors (Lipinski definition) is 1. The van der Waals surface area contributed by atoms with E-state index in [9.17, 15) is 23.9 Å². The number of halogens is 2. The molecule has 158 valence electrons. The summed E-state index contributed by atoms with van der Waals surface area (Å²) >= 11 is 0. The van der Waals surface area contributed by atoms with Gasteiger partial charge >= 0.3 is 17.8 Å². The maximum Gasteiger partial charge on any atom is 0.375 e. The summed E-state index contributed by atoms with van der Waals surface area (Å²) < 4.78 is 44.4. The van der Waals surface area contributed by atoms with Crippen molar-refractivity contribution in [1.82, 2.24) is 0 Å². The molecule has 0 spiro atoms. The van der Waals surface area contributed by atoms with Crippen molar-refractivity contribution in [3.8, 4) is 0 Å². The minimum Gasteiger partial charge on any atom is -0.465 e. The molecule has 1 fully saturated rings. The van der Waals surface area contributed by atoms with Gasteiger partial charge in [-0.3, -0.25) is 4.79 Å². The maximum absolute atomic E-state index is 15.2. The quantitative estimate of drug-likeness (QED) is 0.278.